The number of H-pyrrole nitrogens is 1. The third-order valence-corrected chi connectivity index (χ3v) is 5.06. The predicted molar refractivity (Wildman–Crippen MR) is 89.8 cm³/mol. The molecule has 1 amide bonds. The van der Waals surface area contributed by atoms with Crippen molar-refractivity contribution in [2.75, 3.05) is 7.11 Å². The Bertz CT molecular complexity index is 569. The third kappa shape index (κ3) is 3.77. The van der Waals surface area contributed by atoms with E-state index < -0.39 is 5.97 Å². The van der Waals surface area contributed by atoms with Crippen LogP contribution in [0.2, 0.25) is 0 Å². The monoisotopic (exact) mass is 320 g/mol. The molecule has 1 aromatic rings. The van der Waals surface area contributed by atoms with Crippen molar-refractivity contribution in [2.24, 2.45) is 5.92 Å². The molecule has 0 bridgehead atoms. The van der Waals surface area contributed by atoms with Gasteiger partial charge in [0.05, 0.1) is 12.7 Å². The minimum atomic E-state index is -0.391. The molecule has 128 valence electrons. The predicted octanol–water partition coefficient (Wildman–Crippen LogP) is 3.37. The van der Waals surface area contributed by atoms with Gasteiger partial charge in [0.2, 0.25) is 0 Å². The second kappa shape index (κ2) is 7.66. The van der Waals surface area contributed by atoms with Crippen LogP contribution in [0.3, 0.4) is 0 Å². The molecule has 23 heavy (non-hydrogen) atoms. The number of methoxy groups -OCH3 is 1. The topological polar surface area (TPSA) is 71.2 Å². The molecule has 1 aliphatic rings. The second-order valence-electron chi connectivity index (χ2n) is 6.42. The Morgan fingerprint density at radius 1 is 1.22 bits per heavy atom. The summed E-state index contributed by atoms with van der Waals surface area (Å²) in [6, 6.07) is 0.236. The van der Waals surface area contributed by atoms with Crippen LogP contribution < -0.4 is 5.32 Å². The van der Waals surface area contributed by atoms with Gasteiger partial charge in [-0.25, -0.2) is 4.79 Å². The van der Waals surface area contributed by atoms with Crippen LogP contribution >= 0.6 is 0 Å². The lowest BCUT2D eigenvalue weighted by Gasteiger charge is -2.28. The second-order valence-corrected chi connectivity index (χ2v) is 6.42. The van der Waals surface area contributed by atoms with Crippen LogP contribution in [-0.4, -0.2) is 30.0 Å². The summed E-state index contributed by atoms with van der Waals surface area (Å²) in [4.78, 5) is 27.6. The summed E-state index contributed by atoms with van der Waals surface area (Å²) < 4.78 is 4.84. The number of amides is 1. The molecule has 0 aromatic carbocycles. The van der Waals surface area contributed by atoms with Crippen molar-refractivity contribution >= 4 is 11.9 Å². The molecule has 1 aliphatic carbocycles. The van der Waals surface area contributed by atoms with Crippen molar-refractivity contribution in [1.29, 1.82) is 0 Å². The number of hydrogen-bond donors (Lipinski definition) is 2. The number of carbonyl (C=O) groups is 2. The first-order valence-electron chi connectivity index (χ1n) is 8.62. The zero-order valence-corrected chi connectivity index (χ0v) is 14.6. The molecular weight excluding hydrogens is 292 g/mol. The van der Waals surface area contributed by atoms with Gasteiger partial charge in [-0.3, -0.25) is 4.79 Å². The van der Waals surface area contributed by atoms with E-state index in [0.717, 1.165) is 24.5 Å². The molecule has 1 heterocycles. The van der Waals surface area contributed by atoms with E-state index in [4.69, 9.17) is 4.74 Å². The molecule has 0 unspecified atom stereocenters. The molecular formula is C18H28N2O3. The van der Waals surface area contributed by atoms with Crippen molar-refractivity contribution < 1.29 is 14.3 Å². The van der Waals surface area contributed by atoms with E-state index in [-0.39, 0.29) is 11.9 Å². The zero-order chi connectivity index (χ0) is 17.0. The molecule has 1 fully saturated rings. The van der Waals surface area contributed by atoms with Crippen LogP contribution in [0.25, 0.3) is 0 Å². The lowest BCUT2D eigenvalue weighted by molar-refractivity contribution is 0.0599. The first kappa shape index (κ1) is 17.6. The number of aryl methyl sites for hydroxylation is 1. The summed E-state index contributed by atoms with van der Waals surface area (Å²) in [5.74, 6) is 0.290. The normalized spacial score (nSPS) is 21.0. The van der Waals surface area contributed by atoms with Crippen molar-refractivity contribution in [3.05, 3.63) is 22.5 Å². The summed E-state index contributed by atoms with van der Waals surface area (Å²) >= 11 is 0. The van der Waals surface area contributed by atoms with E-state index in [1.54, 1.807) is 6.92 Å². The first-order chi connectivity index (χ1) is 11.0. The maximum Gasteiger partial charge on any atom is 0.339 e. The van der Waals surface area contributed by atoms with Crippen molar-refractivity contribution in [3.8, 4) is 0 Å². The minimum absolute atomic E-state index is 0.118. The van der Waals surface area contributed by atoms with Crippen LogP contribution in [0.5, 0.6) is 0 Å². The van der Waals surface area contributed by atoms with Gasteiger partial charge in [0, 0.05) is 11.7 Å². The molecule has 5 nitrogen and oxygen atoms in total. The number of carbonyl (C=O) groups excluding carboxylic acids is 2. The Hall–Kier alpha value is -1.78. The maximum atomic E-state index is 12.6. The fourth-order valence-corrected chi connectivity index (χ4v) is 3.50. The lowest BCUT2D eigenvalue weighted by Crippen LogP contribution is -2.38. The van der Waals surface area contributed by atoms with E-state index in [2.05, 4.69) is 17.2 Å². The van der Waals surface area contributed by atoms with E-state index in [1.807, 2.05) is 6.92 Å². The summed E-state index contributed by atoms with van der Waals surface area (Å²) in [5, 5.41) is 3.12. The molecule has 0 spiro atoms. The molecule has 2 rings (SSSR count). The summed E-state index contributed by atoms with van der Waals surface area (Å²) in [7, 11) is 1.36. The van der Waals surface area contributed by atoms with Gasteiger partial charge >= 0.3 is 5.97 Å². The van der Waals surface area contributed by atoms with E-state index in [9.17, 15) is 9.59 Å². The number of ether oxygens (including phenoxy) is 1. The highest BCUT2D eigenvalue weighted by Gasteiger charge is 2.26. The quantitative estimate of drug-likeness (QED) is 0.817. The molecule has 1 aromatic heterocycles. The van der Waals surface area contributed by atoms with Crippen molar-refractivity contribution in [1.82, 2.24) is 10.3 Å². The van der Waals surface area contributed by atoms with Gasteiger partial charge in [0.25, 0.3) is 5.91 Å². The van der Waals surface area contributed by atoms with Crippen LogP contribution in [0.4, 0.5) is 0 Å². The number of aromatic amines is 1. The Balaban J connectivity index is 2.11. The average molecular weight is 320 g/mol. The lowest BCUT2D eigenvalue weighted by atomic mass is 9.84. The van der Waals surface area contributed by atoms with Gasteiger partial charge < -0.3 is 15.0 Å². The highest BCUT2D eigenvalue weighted by atomic mass is 16.5. The smallest absolute Gasteiger partial charge is 0.339 e. The number of hydrogen-bond acceptors (Lipinski definition) is 3. The van der Waals surface area contributed by atoms with Crippen LogP contribution in [-0.2, 0) is 11.2 Å². The van der Waals surface area contributed by atoms with E-state index >= 15 is 0 Å². The van der Waals surface area contributed by atoms with Crippen LogP contribution in [0.1, 0.15) is 78.1 Å². The van der Waals surface area contributed by atoms with Gasteiger partial charge in [-0.05, 0) is 50.5 Å². The van der Waals surface area contributed by atoms with Crippen molar-refractivity contribution in [2.45, 2.75) is 65.3 Å². The maximum absolute atomic E-state index is 12.6. The molecule has 0 atom stereocenters. The van der Waals surface area contributed by atoms with Gasteiger partial charge in [0.1, 0.15) is 5.69 Å². The standard InChI is InChI=1S/C18H28N2O3/c1-5-12-7-9-13(10-8-12)19-17(21)16-11(3)15(18(22)23-4)14(6-2)20-16/h12-13,20H,5-10H2,1-4H3,(H,19,21). The highest BCUT2D eigenvalue weighted by molar-refractivity contribution is 6.00. The number of rotatable bonds is 5. The first-order valence-corrected chi connectivity index (χ1v) is 8.62. The van der Waals surface area contributed by atoms with Gasteiger partial charge in [-0.2, -0.15) is 0 Å². The Morgan fingerprint density at radius 2 is 1.87 bits per heavy atom. The Labute approximate surface area is 138 Å². The van der Waals surface area contributed by atoms with E-state index in [0.29, 0.717) is 23.2 Å². The summed E-state index contributed by atoms with van der Waals surface area (Å²) in [5.41, 5.74) is 2.41. The number of aromatic nitrogens is 1. The van der Waals surface area contributed by atoms with Gasteiger partial charge in [-0.1, -0.05) is 20.3 Å². The largest absolute Gasteiger partial charge is 0.465 e. The summed E-state index contributed by atoms with van der Waals surface area (Å²) in [6.07, 6.45) is 6.31. The third-order valence-electron chi connectivity index (χ3n) is 5.06. The SMILES string of the molecule is CCc1[nH]c(C(=O)NC2CCC(CC)CC2)c(C)c1C(=O)OC. The zero-order valence-electron chi connectivity index (χ0n) is 14.6. The molecule has 1 saturated carbocycles. The average Bonchev–Trinajstić information content (AvgIpc) is 2.91. The van der Waals surface area contributed by atoms with Gasteiger partial charge in [-0.15, -0.1) is 0 Å². The molecule has 0 aliphatic heterocycles. The Kier molecular flexibility index (Phi) is 5.85. The molecule has 0 saturated heterocycles. The van der Waals surface area contributed by atoms with E-state index in [1.165, 1.54) is 26.4 Å². The summed E-state index contributed by atoms with van der Waals surface area (Å²) in [6.45, 7) is 5.97. The number of nitrogens with one attached hydrogen (secondary N) is 2. The Morgan fingerprint density at radius 3 is 2.39 bits per heavy atom. The number of esters is 1. The molecule has 5 heteroatoms. The van der Waals surface area contributed by atoms with Crippen molar-refractivity contribution in [3.63, 3.8) is 0 Å². The fraction of sp³-hybridized carbons (Fsp3) is 0.667. The van der Waals surface area contributed by atoms with Crippen LogP contribution in [0, 0.1) is 12.8 Å². The highest BCUT2D eigenvalue weighted by Crippen LogP contribution is 2.27. The fourth-order valence-electron chi connectivity index (χ4n) is 3.50. The molecule has 2 N–H and O–H groups in total. The van der Waals surface area contributed by atoms with Crippen LogP contribution in [0.15, 0.2) is 0 Å². The van der Waals surface area contributed by atoms with Gasteiger partial charge in [0.15, 0.2) is 0 Å². The minimum Gasteiger partial charge on any atom is -0.465 e. The molecule has 0 radical (unpaired) electrons.